The summed E-state index contributed by atoms with van der Waals surface area (Å²) in [7, 11) is 8.49. The Morgan fingerprint density at radius 2 is 1.11 bits per heavy atom. The van der Waals surface area contributed by atoms with Gasteiger partial charge in [0.25, 0.3) is 7.59 Å². The first-order chi connectivity index (χ1) is 12.4. The molecule has 0 spiro atoms. The van der Waals surface area contributed by atoms with Gasteiger partial charge in [-0.05, 0) is 54.4 Å². The molecule has 1 aromatic heterocycles. The molecule has 0 atom stereocenters. The molecule has 0 unspecified atom stereocenters. The van der Waals surface area contributed by atoms with Crippen molar-refractivity contribution in [3.8, 4) is 0 Å². The molecule has 14 heteroatoms. The van der Waals surface area contributed by atoms with Crippen LogP contribution in [0.3, 0.4) is 0 Å². The molecule has 156 valence electrons. The third kappa shape index (κ3) is 10.5. The number of nitrogens with zero attached hydrogens (tertiary/aromatic N) is 4. The van der Waals surface area contributed by atoms with Gasteiger partial charge in [-0.15, -0.1) is 0 Å². The van der Waals surface area contributed by atoms with E-state index in [9.17, 15) is 14.2 Å². The molecule has 12 nitrogen and oxygen atoms in total. The number of rotatable bonds is 5. The van der Waals surface area contributed by atoms with Crippen molar-refractivity contribution in [2.45, 2.75) is 0 Å². The van der Waals surface area contributed by atoms with Gasteiger partial charge < -0.3 is 10.2 Å². The molecule has 0 saturated heterocycles. The molecule has 0 aliphatic rings. The summed E-state index contributed by atoms with van der Waals surface area (Å²) in [5.41, 5.74) is -0.537. The van der Waals surface area contributed by atoms with Crippen molar-refractivity contribution >= 4 is 19.5 Å². The summed E-state index contributed by atoms with van der Waals surface area (Å²) in [6.45, 7) is 0. The summed E-state index contributed by atoms with van der Waals surface area (Å²) in [6, 6.07) is 3.80. The zero-order valence-corrected chi connectivity index (χ0v) is 18.7. The predicted octanol–water partition coefficient (Wildman–Crippen LogP) is 1.15. The van der Waals surface area contributed by atoms with Crippen LogP contribution < -0.4 is 0 Å². The molecule has 0 aliphatic carbocycles. The van der Waals surface area contributed by atoms with Crippen LogP contribution in [0.4, 0.5) is 0 Å². The number of carboxylic acids is 2. The van der Waals surface area contributed by atoms with E-state index in [1.165, 1.54) is 18.2 Å². The Kier molecular flexibility index (Phi) is 17.6. The van der Waals surface area contributed by atoms with Crippen LogP contribution in [-0.4, -0.2) is 93.9 Å². The van der Waals surface area contributed by atoms with Crippen LogP contribution in [-0.2, 0) is 27.7 Å². The summed E-state index contributed by atoms with van der Waals surface area (Å²) in [6.07, 6.45) is 0. The van der Waals surface area contributed by atoms with Crippen LogP contribution in [0.1, 0.15) is 21.0 Å². The van der Waals surface area contributed by atoms with Gasteiger partial charge in [0.1, 0.15) is 11.4 Å². The topological polar surface area (TPSA) is 172 Å². The van der Waals surface area contributed by atoms with E-state index >= 15 is 0 Å². The van der Waals surface area contributed by atoms with Gasteiger partial charge in [-0.2, -0.15) is 0 Å². The molecule has 0 aromatic carbocycles. The quantitative estimate of drug-likeness (QED) is 0.200. The number of carboxylic acid groups (broad SMARTS) is 2. The molecular formula is C13H25MoN4O8P. The van der Waals surface area contributed by atoms with Crippen LogP contribution in [0.15, 0.2) is 18.2 Å². The molecule has 1 rings (SSSR count). The maximum atomic E-state index is 12.1. The van der Waals surface area contributed by atoms with E-state index in [1.807, 2.05) is 42.3 Å². The molecule has 0 fully saturated rings. The molecule has 0 radical (unpaired) electrons. The van der Waals surface area contributed by atoms with Gasteiger partial charge in [-0.1, -0.05) is 6.07 Å². The predicted molar refractivity (Wildman–Crippen MR) is 92.8 cm³/mol. The molecule has 1 heterocycles. The van der Waals surface area contributed by atoms with E-state index in [-0.39, 0.29) is 11.4 Å². The average Bonchev–Trinajstić information content (AvgIpc) is 2.64. The Morgan fingerprint density at radius 3 is 1.26 bits per heavy atom. The van der Waals surface area contributed by atoms with Gasteiger partial charge in [0.05, 0.1) is 0 Å². The number of aromatic carboxylic acids is 2. The minimum atomic E-state index is -2.44. The van der Waals surface area contributed by atoms with E-state index in [1.54, 1.807) is 14.0 Å². The standard InChI is InChI=1S/C7H5NO4.C6H18N3OP.Mo.H2O2.O/c9-6(10)4-2-1-3-5(8-4)7(11)12;1-7(2)11(10,8(3)4)9(5)6;;1-2;/h1-3H,(H,9,10)(H,11,12);1-6H3;;1-2H;. The number of carbonyl (C=O) groups is 2. The Hall–Kier alpha value is -1.39. The molecule has 4 N–H and O–H groups in total. The van der Waals surface area contributed by atoms with E-state index in [2.05, 4.69) is 4.98 Å². The van der Waals surface area contributed by atoms with Crippen molar-refractivity contribution in [2.24, 2.45) is 0 Å². The second-order valence-electron chi connectivity index (χ2n) is 5.07. The SMILES string of the molecule is CN(C)P(=O)(N(C)C)N(C)C.O=C(O)c1cccc(C(=O)O)n1.OO.[O]=[Mo]. The van der Waals surface area contributed by atoms with Crippen LogP contribution in [0.2, 0.25) is 0 Å². The number of hydrogen-bond acceptors (Lipinski definition) is 7. The first-order valence-corrected chi connectivity index (χ1v) is 9.26. The average molecular weight is 492 g/mol. The second-order valence-corrected chi connectivity index (χ2v) is 8.50. The van der Waals surface area contributed by atoms with E-state index in [0.29, 0.717) is 19.8 Å². The van der Waals surface area contributed by atoms with Gasteiger partial charge in [0.2, 0.25) is 0 Å². The van der Waals surface area contributed by atoms with Gasteiger partial charge in [0.15, 0.2) is 0 Å². The molecular weight excluding hydrogens is 467 g/mol. The summed E-state index contributed by atoms with van der Waals surface area (Å²) in [5, 5.41) is 28.9. The monoisotopic (exact) mass is 494 g/mol. The summed E-state index contributed by atoms with van der Waals surface area (Å²) >= 11 is 0.700. The van der Waals surface area contributed by atoms with Crippen molar-refractivity contribution in [3.05, 3.63) is 29.6 Å². The normalized spacial score (nSPS) is 10.0. The van der Waals surface area contributed by atoms with Crippen molar-refractivity contribution in [3.63, 3.8) is 0 Å². The summed E-state index contributed by atoms with van der Waals surface area (Å²) in [5.74, 6) is -2.48. The summed E-state index contributed by atoms with van der Waals surface area (Å²) < 4.78 is 25.6. The van der Waals surface area contributed by atoms with Crippen LogP contribution in [0, 0.1) is 0 Å². The molecule has 0 aliphatic heterocycles. The third-order valence-electron chi connectivity index (χ3n) is 2.75. The van der Waals surface area contributed by atoms with Crippen molar-refractivity contribution < 1.29 is 58.1 Å². The van der Waals surface area contributed by atoms with E-state index in [0.717, 1.165) is 0 Å². The third-order valence-corrected chi connectivity index (χ3v) is 5.88. The first kappa shape index (κ1) is 30.3. The van der Waals surface area contributed by atoms with Gasteiger partial charge in [-0.3, -0.25) is 15.1 Å². The van der Waals surface area contributed by atoms with E-state index < -0.39 is 19.5 Å². The zero-order chi connectivity index (χ0) is 22.4. The molecule has 0 amide bonds. The molecule has 0 bridgehead atoms. The minimum absolute atomic E-state index is 0.269. The fourth-order valence-corrected chi connectivity index (χ4v) is 3.89. The number of hydrogen-bond donors (Lipinski definition) is 4. The van der Waals surface area contributed by atoms with Gasteiger partial charge in [0, 0.05) is 0 Å². The Bertz CT molecular complexity index is 572. The zero-order valence-electron chi connectivity index (χ0n) is 15.8. The Balaban J connectivity index is -0.000000361. The van der Waals surface area contributed by atoms with Crippen LogP contribution >= 0.6 is 7.59 Å². The second kappa shape index (κ2) is 15.6. The Labute approximate surface area is 168 Å². The van der Waals surface area contributed by atoms with Crippen LogP contribution in [0.25, 0.3) is 0 Å². The molecule has 0 saturated carbocycles. The van der Waals surface area contributed by atoms with E-state index in [4.69, 9.17) is 24.1 Å². The van der Waals surface area contributed by atoms with Gasteiger partial charge >= 0.3 is 35.1 Å². The fourth-order valence-electron chi connectivity index (χ4n) is 1.75. The van der Waals surface area contributed by atoms with Gasteiger partial charge in [-0.25, -0.2) is 28.6 Å². The van der Waals surface area contributed by atoms with Crippen molar-refractivity contribution in [1.29, 1.82) is 0 Å². The number of pyridine rings is 1. The number of aromatic nitrogens is 1. The van der Waals surface area contributed by atoms with Crippen LogP contribution in [0.5, 0.6) is 0 Å². The molecule has 1 aromatic rings. The fraction of sp³-hybridized carbons (Fsp3) is 0.462. The molecule has 27 heavy (non-hydrogen) atoms. The maximum absolute atomic E-state index is 12.1. The van der Waals surface area contributed by atoms with Crippen molar-refractivity contribution in [1.82, 2.24) is 19.0 Å². The Morgan fingerprint density at radius 1 is 0.852 bits per heavy atom. The van der Waals surface area contributed by atoms with Crippen molar-refractivity contribution in [2.75, 3.05) is 42.3 Å². The summed E-state index contributed by atoms with van der Waals surface area (Å²) in [4.78, 5) is 24.0. The first-order valence-electron chi connectivity index (χ1n) is 6.88.